The highest BCUT2D eigenvalue weighted by Crippen LogP contribution is 2.38. The Balaban J connectivity index is 1.93. The smallest absolute Gasteiger partial charge is 0.337 e. The Bertz CT molecular complexity index is 1200. The molecule has 4 rings (SSSR count). The molecule has 1 aliphatic rings. The zero-order valence-electron chi connectivity index (χ0n) is 17.6. The van der Waals surface area contributed by atoms with Crippen molar-refractivity contribution < 1.29 is 31.7 Å². The van der Waals surface area contributed by atoms with Crippen molar-refractivity contribution in [1.29, 1.82) is 0 Å². The summed E-state index contributed by atoms with van der Waals surface area (Å²) >= 11 is 0. The molecule has 1 N–H and O–H groups in total. The summed E-state index contributed by atoms with van der Waals surface area (Å²) in [6.07, 6.45) is -4.84. The first kappa shape index (κ1) is 22.6. The second-order valence-corrected chi connectivity index (χ2v) is 7.59. The van der Waals surface area contributed by atoms with E-state index in [0.29, 0.717) is 11.1 Å². The van der Waals surface area contributed by atoms with E-state index in [1.165, 1.54) is 19.1 Å². The fourth-order valence-electron chi connectivity index (χ4n) is 3.72. The van der Waals surface area contributed by atoms with E-state index in [-0.39, 0.29) is 35.1 Å². The summed E-state index contributed by atoms with van der Waals surface area (Å²) in [6.45, 7) is 2.79. The number of aryl methyl sites for hydroxylation is 1. The first-order valence-corrected chi connectivity index (χ1v) is 10.0. The molecule has 3 heterocycles. The van der Waals surface area contributed by atoms with Crippen LogP contribution in [0.2, 0.25) is 0 Å². The Morgan fingerprint density at radius 3 is 2.58 bits per heavy atom. The van der Waals surface area contributed by atoms with Crippen LogP contribution < -0.4 is 5.32 Å². The number of aromatic nitrogens is 3. The van der Waals surface area contributed by atoms with Crippen LogP contribution in [0.4, 0.5) is 17.6 Å². The maximum absolute atomic E-state index is 14.0. The fraction of sp³-hybridized carbons (Fsp3) is 0.333. The lowest BCUT2D eigenvalue weighted by atomic mass is 10.0. The van der Waals surface area contributed by atoms with Gasteiger partial charge in [0, 0.05) is 18.7 Å². The summed E-state index contributed by atoms with van der Waals surface area (Å²) in [7, 11) is 0. The van der Waals surface area contributed by atoms with Crippen LogP contribution in [0.1, 0.15) is 34.8 Å². The molecular formula is C21H19F4N5O3. The number of nitrogens with zero attached hydrogens (tertiary/aromatic N) is 4. The minimum atomic E-state index is -4.84. The van der Waals surface area contributed by atoms with Gasteiger partial charge in [-0.25, -0.2) is 4.39 Å². The standard InChI is InChI=1S/C21H19F4N5O3/c1-11-19(31)29(8-7-26-11)20(32)18-15(13-3-5-14(22)6-4-13)9-16(21(23,24)25)30(18)10-17-27-12(2)28-33-17/h3-6,9,11,26H,7-8,10H2,1-2H3. The Kier molecular flexibility index (Phi) is 5.78. The minimum Gasteiger partial charge on any atom is -0.337 e. The van der Waals surface area contributed by atoms with Gasteiger partial charge >= 0.3 is 6.18 Å². The molecule has 8 nitrogen and oxygen atoms in total. The van der Waals surface area contributed by atoms with E-state index >= 15 is 0 Å². The van der Waals surface area contributed by atoms with Crippen LogP contribution in [-0.4, -0.2) is 50.6 Å². The van der Waals surface area contributed by atoms with Gasteiger partial charge in [0.05, 0.1) is 6.04 Å². The first-order valence-electron chi connectivity index (χ1n) is 10.0. The van der Waals surface area contributed by atoms with Gasteiger partial charge in [0.1, 0.15) is 23.7 Å². The van der Waals surface area contributed by atoms with Crippen molar-refractivity contribution in [3.63, 3.8) is 0 Å². The molecule has 1 unspecified atom stereocenters. The number of benzene rings is 1. The van der Waals surface area contributed by atoms with Crippen LogP contribution in [0.25, 0.3) is 11.1 Å². The summed E-state index contributed by atoms with van der Waals surface area (Å²) in [5.74, 6) is -1.99. The van der Waals surface area contributed by atoms with Gasteiger partial charge in [-0.1, -0.05) is 17.3 Å². The van der Waals surface area contributed by atoms with Gasteiger partial charge in [0.15, 0.2) is 5.82 Å². The van der Waals surface area contributed by atoms with E-state index in [9.17, 15) is 27.2 Å². The number of carbonyl (C=O) groups is 2. The maximum atomic E-state index is 14.0. The predicted octanol–water partition coefficient (Wildman–Crippen LogP) is 3.01. The highest BCUT2D eigenvalue weighted by Gasteiger charge is 2.41. The van der Waals surface area contributed by atoms with Crippen molar-refractivity contribution in [1.82, 2.24) is 24.9 Å². The first-order chi connectivity index (χ1) is 15.6. The molecule has 3 aromatic rings. The molecule has 2 amide bonds. The average Bonchev–Trinajstić information content (AvgIpc) is 3.34. The quantitative estimate of drug-likeness (QED) is 0.471. The topological polar surface area (TPSA) is 93.3 Å². The Labute approximate surface area is 185 Å². The molecule has 0 bridgehead atoms. The predicted molar refractivity (Wildman–Crippen MR) is 106 cm³/mol. The molecule has 12 heteroatoms. The van der Waals surface area contributed by atoms with Gasteiger partial charge in [-0.3, -0.25) is 14.5 Å². The zero-order chi connectivity index (χ0) is 23.9. The summed E-state index contributed by atoms with van der Waals surface area (Å²) < 4.78 is 61.2. The van der Waals surface area contributed by atoms with E-state index in [0.717, 1.165) is 23.1 Å². The van der Waals surface area contributed by atoms with Gasteiger partial charge in [-0.2, -0.15) is 18.2 Å². The number of carbonyl (C=O) groups excluding carboxylic acids is 2. The molecule has 1 aliphatic heterocycles. The minimum absolute atomic E-state index is 0.0168. The van der Waals surface area contributed by atoms with Crippen molar-refractivity contribution in [2.45, 2.75) is 32.6 Å². The molecule has 0 spiro atoms. The monoisotopic (exact) mass is 465 g/mol. The lowest BCUT2D eigenvalue weighted by molar-refractivity contribution is -0.143. The molecule has 1 atom stereocenters. The number of rotatable bonds is 4. The fourth-order valence-corrected chi connectivity index (χ4v) is 3.72. The highest BCUT2D eigenvalue weighted by molar-refractivity contribution is 6.09. The highest BCUT2D eigenvalue weighted by atomic mass is 19.4. The Morgan fingerprint density at radius 1 is 1.27 bits per heavy atom. The van der Waals surface area contributed by atoms with Crippen molar-refractivity contribution in [2.24, 2.45) is 0 Å². The summed E-state index contributed by atoms with van der Waals surface area (Å²) in [5, 5.41) is 6.49. The maximum Gasteiger partial charge on any atom is 0.431 e. The number of imide groups is 1. The number of amides is 2. The van der Waals surface area contributed by atoms with Crippen molar-refractivity contribution in [3.05, 3.63) is 59.3 Å². The van der Waals surface area contributed by atoms with Crippen molar-refractivity contribution >= 4 is 11.8 Å². The third kappa shape index (κ3) is 4.38. The van der Waals surface area contributed by atoms with E-state index in [1.807, 2.05) is 0 Å². The summed E-state index contributed by atoms with van der Waals surface area (Å²) in [6, 6.07) is 4.82. The number of hydrogen-bond donors (Lipinski definition) is 1. The normalized spacial score (nSPS) is 17.0. The lowest BCUT2D eigenvalue weighted by Crippen LogP contribution is -2.56. The molecule has 174 valence electrons. The van der Waals surface area contributed by atoms with Gasteiger partial charge in [-0.15, -0.1) is 0 Å². The van der Waals surface area contributed by atoms with Crippen LogP contribution in [0.5, 0.6) is 0 Å². The molecule has 0 radical (unpaired) electrons. The van der Waals surface area contributed by atoms with Gasteiger partial charge in [-0.05, 0) is 37.6 Å². The SMILES string of the molecule is Cc1noc(Cn2c(C(F)(F)F)cc(-c3ccc(F)cc3)c2C(=O)N2CCNC(C)C2=O)n1. The third-order valence-electron chi connectivity index (χ3n) is 5.28. The molecule has 0 saturated carbocycles. The van der Waals surface area contributed by atoms with Crippen molar-refractivity contribution in [3.8, 4) is 11.1 Å². The molecule has 33 heavy (non-hydrogen) atoms. The number of hydrogen-bond acceptors (Lipinski definition) is 6. The molecule has 1 fully saturated rings. The molecular weight excluding hydrogens is 446 g/mol. The van der Waals surface area contributed by atoms with Crippen molar-refractivity contribution in [2.75, 3.05) is 13.1 Å². The zero-order valence-corrected chi connectivity index (χ0v) is 17.6. The van der Waals surface area contributed by atoms with E-state index in [4.69, 9.17) is 4.52 Å². The molecule has 1 saturated heterocycles. The van der Waals surface area contributed by atoms with Crippen LogP contribution in [0.15, 0.2) is 34.9 Å². The number of piperazine rings is 1. The second-order valence-electron chi connectivity index (χ2n) is 7.59. The number of nitrogens with one attached hydrogen (secondary N) is 1. The van der Waals surface area contributed by atoms with E-state index in [1.54, 1.807) is 6.92 Å². The third-order valence-corrected chi connectivity index (χ3v) is 5.28. The largest absolute Gasteiger partial charge is 0.431 e. The Morgan fingerprint density at radius 2 is 1.97 bits per heavy atom. The number of halogens is 4. The van der Waals surface area contributed by atoms with E-state index in [2.05, 4.69) is 15.5 Å². The van der Waals surface area contributed by atoms with Crippen LogP contribution in [0, 0.1) is 12.7 Å². The van der Waals surface area contributed by atoms with Gasteiger partial charge < -0.3 is 14.4 Å². The molecule has 0 aliphatic carbocycles. The van der Waals surface area contributed by atoms with Crippen LogP contribution >= 0.6 is 0 Å². The van der Waals surface area contributed by atoms with Gasteiger partial charge in [0.25, 0.3) is 5.91 Å². The summed E-state index contributed by atoms with van der Waals surface area (Å²) in [4.78, 5) is 31.0. The Hall–Kier alpha value is -3.54. The number of alkyl halides is 3. The molecule has 1 aromatic carbocycles. The van der Waals surface area contributed by atoms with Crippen LogP contribution in [0.3, 0.4) is 0 Å². The lowest BCUT2D eigenvalue weighted by Gasteiger charge is -2.30. The second kappa shape index (κ2) is 8.43. The van der Waals surface area contributed by atoms with E-state index < -0.39 is 42.1 Å². The van der Waals surface area contributed by atoms with Gasteiger partial charge in [0.2, 0.25) is 11.8 Å². The molecule has 2 aromatic heterocycles. The summed E-state index contributed by atoms with van der Waals surface area (Å²) in [5.41, 5.74) is -1.44. The van der Waals surface area contributed by atoms with Crippen LogP contribution in [-0.2, 0) is 17.5 Å². The average molecular weight is 465 g/mol.